The Hall–Kier alpha value is -3.22. The van der Waals surface area contributed by atoms with E-state index in [-0.39, 0.29) is 6.61 Å². The Morgan fingerprint density at radius 3 is 2.15 bits per heavy atom. The predicted molar refractivity (Wildman–Crippen MR) is 102 cm³/mol. The van der Waals surface area contributed by atoms with Gasteiger partial charge < -0.3 is 18.9 Å². The van der Waals surface area contributed by atoms with Crippen LogP contribution in [0.2, 0.25) is 0 Å². The number of amides is 1. The molecule has 1 amide bonds. The van der Waals surface area contributed by atoms with Gasteiger partial charge in [-0.3, -0.25) is 5.32 Å². The Morgan fingerprint density at radius 1 is 1.07 bits per heavy atom. The third kappa shape index (κ3) is 5.13. The predicted octanol–water partition coefficient (Wildman–Crippen LogP) is 2.78. The fraction of sp³-hybridized carbons (Fsp3) is 0.300. The van der Waals surface area contributed by atoms with Crippen molar-refractivity contribution in [3.8, 4) is 17.2 Å². The number of alkyl carbamates (subject to hydrolysis) is 1. The molecule has 1 heterocycles. The molecule has 7 heteroatoms. The lowest BCUT2D eigenvalue weighted by Gasteiger charge is -2.14. The average Bonchev–Trinajstić information content (AvgIpc) is 2.67. The van der Waals surface area contributed by atoms with Crippen molar-refractivity contribution < 1.29 is 28.3 Å². The molecule has 0 bridgehead atoms. The summed E-state index contributed by atoms with van der Waals surface area (Å²) in [6.07, 6.45) is 5.08. The number of rotatable bonds is 7. The topological polar surface area (TPSA) is 69.9 Å². The molecule has 0 aliphatic carbocycles. The van der Waals surface area contributed by atoms with E-state index in [4.69, 9.17) is 18.9 Å². The standard InChI is InChI=1S/C20H24N2O5/c1-6-27-20(23)21-16(15-7-9-22(2)10-8-15)11-14-12-17(24-3)19(26-5)18(13-14)25-4/h7-13H,6H2,1-5H3/p+1/b16-11-. The van der Waals surface area contributed by atoms with Gasteiger partial charge in [0.2, 0.25) is 5.75 Å². The second-order valence-corrected chi connectivity index (χ2v) is 5.61. The van der Waals surface area contributed by atoms with Crippen molar-refractivity contribution in [3.63, 3.8) is 0 Å². The molecule has 0 saturated carbocycles. The summed E-state index contributed by atoms with van der Waals surface area (Å²) in [5.41, 5.74) is 2.18. The van der Waals surface area contributed by atoms with Crippen LogP contribution < -0.4 is 24.1 Å². The third-order valence-electron chi connectivity index (χ3n) is 3.80. The number of nitrogens with zero attached hydrogens (tertiary/aromatic N) is 1. The van der Waals surface area contributed by atoms with E-state index in [1.807, 2.05) is 42.2 Å². The third-order valence-corrected chi connectivity index (χ3v) is 3.80. The van der Waals surface area contributed by atoms with Gasteiger partial charge in [0.05, 0.1) is 33.6 Å². The van der Waals surface area contributed by atoms with Crippen molar-refractivity contribution in [1.29, 1.82) is 0 Å². The Balaban J connectivity index is 2.52. The van der Waals surface area contributed by atoms with Gasteiger partial charge in [-0.25, -0.2) is 9.36 Å². The normalized spacial score (nSPS) is 10.9. The van der Waals surface area contributed by atoms with Crippen molar-refractivity contribution in [2.75, 3.05) is 27.9 Å². The molecule has 0 unspecified atom stereocenters. The number of hydrogen-bond acceptors (Lipinski definition) is 5. The molecule has 0 spiro atoms. The fourth-order valence-electron chi connectivity index (χ4n) is 2.50. The first-order chi connectivity index (χ1) is 13.0. The van der Waals surface area contributed by atoms with Gasteiger partial charge in [-0.15, -0.1) is 0 Å². The lowest BCUT2D eigenvalue weighted by molar-refractivity contribution is -0.671. The van der Waals surface area contributed by atoms with Gasteiger partial charge in [-0.2, -0.15) is 0 Å². The minimum Gasteiger partial charge on any atom is -0.493 e. The fourth-order valence-corrected chi connectivity index (χ4v) is 2.50. The Labute approximate surface area is 159 Å². The van der Waals surface area contributed by atoms with Crippen LogP contribution >= 0.6 is 0 Å². The molecule has 1 N–H and O–H groups in total. The molecule has 1 aromatic heterocycles. The molecule has 2 rings (SSSR count). The smallest absolute Gasteiger partial charge is 0.411 e. The van der Waals surface area contributed by atoms with Gasteiger partial charge in [-0.1, -0.05) is 0 Å². The lowest BCUT2D eigenvalue weighted by atomic mass is 10.1. The maximum atomic E-state index is 12.0. The van der Waals surface area contributed by atoms with Gasteiger partial charge in [0, 0.05) is 17.7 Å². The van der Waals surface area contributed by atoms with E-state index in [2.05, 4.69) is 5.32 Å². The number of methoxy groups -OCH3 is 3. The minimum atomic E-state index is -0.524. The van der Waals surface area contributed by atoms with Gasteiger partial charge in [0.15, 0.2) is 23.9 Å². The number of aromatic nitrogens is 1. The highest BCUT2D eigenvalue weighted by Crippen LogP contribution is 2.38. The van der Waals surface area contributed by atoms with Crippen molar-refractivity contribution in [1.82, 2.24) is 5.32 Å². The van der Waals surface area contributed by atoms with Crippen LogP contribution in [0.25, 0.3) is 11.8 Å². The monoisotopic (exact) mass is 373 g/mol. The van der Waals surface area contributed by atoms with Crippen LogP contribution in [0.4, 0.5) is 4.79 Å². The van der Waals surface area contributed by atoms with Gasteiger partial charge in [-0.05, 0) is 30.7 Å². The first kappa shape index (κ1) is 20.1. The molecule has 0 radical (unpaired) electrons. The number of carbonyl (C=O) groups is 1. The number of nitrogens with one attached hydrogen (secondary N) is 1. The van der Waals surface area contributed by atoms with Crippen molar-refractivity contribution in [2.24, 2.45) is 7.05 Å². The molecule has 0 saturated heterocycles. The number of benzene rings is 1. The summed E-state index contributed by atoms with van der Waals surface area (Å²) in [5, 5.41) is 2.78. The summed E-state index contributed by atoms with van der Waals surface area (Å²) in [6.45, 7) is 2.04. The number of ether oxygens (including phenoxy) is 4. The van der Waals surface area contributed by atoms with Gasteiger partial charge in [0.1, 0.15) is 7.05 Å². The first-order valence-electron chi connectivity index (χ1n) is 8.43. The van der Waals surface area contributed by atoms with Crippen LogP contribution in [0, 0.1) is 0 Å². The van der Waals surface area contributed by atoms with Crippen LogP contribution in [0.15, 0.2) is 36.7 Å². The molecule has 0 fully saturated rings. The van der Waals surface area contributed by atoms with E-state index in [0.29, 0.717) is 22.9 Å². The van der Waals surface area contributed by atoms with Gasteiger partial charge >= 0.3 is 6.09 Å². The van der Waals surface area contributed by atoms with Crippen molar-refractivity contribution in [2.45, 2.75) is 6.92 Å². The molecule has 2 aromatic rings. The van der Waals surface area contributed by atoms with Gasteiger partial charge in [0.25, 0.3) is 0 Å². The molecule has 0 aliphatic heterocycles. The molecular weight excluding hydrogens is 348 g/mol. The average molecular weight is 373 g/mol. The van der Waals surface area contributed by atoms with E-state index < -0.39 is 6.09 Å². The van der Waals surface area contributed by atoms with E-state index in [9.17, 15) is 4.79 Å². The van der Waals surface area contributed by atoms with E-state index in [1.54, 1.807) is 40.4 Å². The molecule has 0 aliphatic rings. The number of pyridine rings is 1. The Morgan fingerprint density at radius 2 is 1.67 bits per heavy atom. The summed E-state index contributed by atoms with van der Waals surface area (Å²) in [6, 6.07) is 7.40. The first-order valence-corrected chi connectivity index (χ1v) is 8.43. The van der Waals surface area contributed by atoms with E-state index >= 15 is 0 Å². The molecule has 144 valence electrons. The number of aryl methyl sites for hydroxylation is 1. The van der Waals surface area contributed by atoms with Crippen LogP contribution in [0.1, 0.15) is 18.1 Å². The molecule has 0 atom stereocenters. The van der Waals surface area contributed by atoms with Crippen LogP contribution in [0.5, 0.6) is 17.2 Å². The maximum Gasteiger partial charge on any atom is 0.411 e. The number of carbonyl (C=O) groups excluding carboxylic acids is 1. The molecule has 27 heavy (non-hydrogen) atoms. The molecule has 1 aromatic carbocycles. The zero-order valence-corrected chi connectivity index (χ0v) is 16.2. The zero-order valence-electron chi connectivity index (χ0n) is 16.2. The highest BCUT2D eigenvalue weighted by atomic mass is 16.5. The quantitative estimate of drug-likeness (QED) is 0.756. The molecular formula is C20H25N2O5+. The summed E-state index contributed by atoms with van der Waals surface area (Å²) in [4.78, 5) is 12.0. The number of hydrogen-bond donors (Lipinski definition) is 1. The summed E-state index contributed by atoms with van der Waals surface area (Å²) in [7, 11) is 6.58. The van der Waals surface area contributed by atoms with Crippen molar-refractivity contribution in [3.05, 3.63) is 47.8 Å². The largest absolute Gasteiger partial charge is 0.493 e. The second kappa shape index (κ2) is 9.47. The summed E-state index contributed by atoms with van der Waals surface area (Å²) < 4.78 is 23.1. The minimum absolute atomic E-state index is 0.285. The summed E-state index contributed by atoms with van der Waals surface area (Å²) in [5.74, 6) is 1.56. The molecule has 7 nitrogen and oxygen atoms in total. The second-order valence-electron chi connectivity index (χ2n) is 5.61. The maximum absolute atomic E-state index is 12.0. The highest BCUT2D eigenvalue weighted by Gasteiger charge is 2.14. The Kier molecular flexibility index (Phi) is 7.05. The lowest BCUT2D eigenvalue weighted by Crippen LogP contribution is -2.27. The SMILES string of the molecule is CCOC(=O)N/C(=C\c1cc(OC)c(OC)c(OC)c1)c1cc[n+](C)cc1. The highest BCUT2D eigenvalue weighted by molar-refractivity contribution is 5.89. The summed E-state index contributed by atoms with van der Waals surface area (Å²) >= 11 is 0. The van der Waals surface area contributed by atoms with Crippen LogP contribution in [0.3, 0.4) is 0 Å². The van der Waals surface area contributed by atoms with Crippen LogP contribution in [-0.4, -0.2) is 34.0 Å². The van der Waals surface area contributed by atoms with Crippen molar-refractivity contribution >= 4 is 17.9 Å². The van der Waals surface area contributed by atoms with E-state index in [1.165, 1.54) is 0 Å². The van der Waals surface area contributed by atoms with Crippen LogP contribution in [-0.2, 0) is 11.8 Å². The Bertz CT molecular complexity index is 791. The zero-order chi connectivity index (χ0) is 19.8. The van der Waals surface area contributed by atoms with E-state index in [0.717, 1.165) is 11.1 Å².